The van der Waals surface area contributed by atoms with E-state index in [4.69, 9.17) is 9.47 Å². The van der Waals surface area contributed by atoms with E-state index in [1.54, 1.807) is 33.8 Å². The molecule has 1 rings (SSSR count). The lowest BCUT2D eigenvalue weighted by Crippen LogP contribution is -2.55. The first kappa shape index (κ1) is 14.7. The monoisotopic (exact) mass is 255 g/mol. The Bertz CT molecular complexity index is 348. The molecule has 1 unspecified atom stereocenters. The Labute approximate surface area is 108 Å². The summed E-state index contributed by atoms with van der Waals surface area (Å²) in [5.41, 5.74) is -1.57. The summed E-state index contributed by atoms with van der Waals surface area (Å²) in [6, 6.07) is 0. The van der Waals surface area contributed by atoms with Crippen molar-refractivity contribution in [2.75, 3.05) is 13.2 Å². The number of carbonyl (C=O) groups is 2. The standard InChI is InChI=1S/C13H21NO4/c1-5-6-10(15)13(7-8-17-9-13)14-11(16)18-12(2,3)4/h5-6H,7-9H2,1-4H3,(H,14,16)/b6-5+. The van der Waals surface area contributed by atoms with Crippen molar-refractivity contribution in [3.63, 3.8) is 0 Å². The van der Waals surface area contributed by atoms with Gasteiger partial charge in [0.2, 0.25) is 0 Å². The molecule has 1 aliphatic rings. The highest BCUT2D eigenvalue weighted by Crippen LogP contribution is 2.21. The lowest BCUT2D eigenvalue weighted by molar-refractivity contribution is -0.120. The summed E-state index contributed by atoms with van der Waals surface area (Å²) in [5, 5.41) is 2.65. The van der Waals surface area contributed by atoms with Crippen LogP contribution in [-0.2, 0) is 14.3 Å². The Kier molecular flexibility index (Phi) is 4.51. The van der Waals surface area contributed by atoms with Gasteiger partial charge in [-0.25, -0.2) is 4.79 Å². The van der Waals surface area contributed by atoms with Gasteiger partial charge < -0.3 is 14.8 Å². The first-order valence-electron chi connectivity index (χ1n) is 6.05. The molecule has 5 nitrogen and oxygen atoms in total. The van der Waals surface area contributed by atoms with Gasteiger partial charge in [-0.2, -0.15) is 0 Å². The van der Waals surface area contributed by atoms with Crippen molar-refractivity contribution < 1.29 is 19.1 Å². The van der Waals surface area contributed by atoms with Crippen molar-refractivity contribution >= 4 is 11.9 Å². The average Bonchev–Trinajstić information content (AvgIpc) is 2.64. The van der Waals surface area contributed by atoms with Crippen molar-refractivity contribution in [2.24, 2.45) is 0 Å². The van der Waals surface area contributed by atoms with Crippen molar-refractivity contribution in [1.29, 1.82) is 0 Å². The Morgan fingerprint density at radius 2 is 2.06 bits per heavy atom. The van der Waals surface area contributed by atoms with Gasteiger partial charge in [-0.15, -0.1) is 0 Å². The Morgan fingerprint density at radius 1 is 1.39 bits per heavy atom. The number of ketones is 1. The van der Waals surface area contributed by atoms with E-state index in [2.05, 4.69) is 5.32 Å². The molecule has 0 aromatic carbocycles. The minimum Gasteiger partial charge on any atom is -0.444 e. The van der Waals surface area contributed by atoms with Crippen LogP contribution in [0.25, 0.3) is 0 Å². The summed E-state index contributed by atoms with van der Waals surface area (Å²) >= 11 is 0. The molecule has 1 atom stereocenters. The number of alkyl carbamates (subject to hydrolysis) is 1. The van der Waals surface area contributed by atoms with Gasteiger partial charge in [-0.05, 0) is 33.8 Å². The largest absolute Gasteiger partial charge is 0.444 e. The molecular weight excluding hydrogens is 234 g/mol. The van der Waals surface area contributed by atoms with Crippen LogP contribution in [0.1, 0.15) is 34.1 Å². The predicted molar refractivity (Wildman–Crippen MR) is 67.4 cm³/mol. The van der Waals surface area contributed by atoms with E-state index in [-0.39, 0.29) is 12.4 Å². The zero-order valence-electron chi connectivity index (χ0n) is 11.4. The van der Waals surface area contributed by atoms with Crippen LogP contribution in [-0.4, -0.2) is 36.2 Å². The smallest absolute Gasteiger partial charge is 0.408 e. The Morgan fingerprint density at radius 3 is 2.50 bits per heavy atom. The van der Waals surface area contributed by atoms with Gasteiger partial charge in [0.1, 0.15) is 11.1 Å². The van der Waals surface area contributed by atoms with Crippen molar-refractivity contribution in [3.05, 3.63) is 12.2 Å². The second-order valence-electron chi connectivity index (χ2n) is 5.38. The molecule has 1 amide bonds. The van der Waals surface area contributed by atoms with Gasteiger partial charge in [0.15, 0.2) is 5.78 Å². The van der Waals surface area contributed by atoms with Gasteiger partial charge in [-0.3, -0.25) is 4.79 Å². The maximum absolute atomic E-state index is 12.0. The first-order chi connectivity index (χ1) is 8.29. The highest BCUT2D eigenvalue weighted by molar-refractivity contribution is 6.00. The second-order valence-corrected chi connectivity index (χ2v) is 5.38. The van der Waals surface area contributed by atoms with E-state index in [0.717, 1.165) is 0 Å². The Balaban J connectivity index is 2.75. The number of hydrogen-bond donors (Lipinski definition) is 1. The molecule has 1 aliphatic heterocycles. The average molecular weight is 255 g/mol. The van der Waals surface area contributed by atoms with Crippen LogP contribution in [0.15, 0.2) is 12.2 Å². The molecule has 18 heavy (non-hydrogen) atoms. The summed E-state index contributed by atoms with van der Waals surface area (Å²) in [4.78, 5) is 23.8. The van der Waals surface area contributed by atoms with Crippen LogP contribution in [0.3, 0.4) is 0 Å². The number of ether oxygens (including phenoxy) is 2. The zero-order valence-corrected chi connectivity index (χ0v) is 11.4. The summed E-state index contributed by atoms with van der Waals surface area (Å²) < 4.78 is 10.4. The molecule has 0 radical (unpaired) electrons. The van der Waals surface area contributed by atoms with Gasteiger partial charge in [-0.1, -0.05) is 6.08 Å². The maximum atomic E-state index is 12.0. The molecular formula is C13H21NO4. The van der Waals surface area contributed by atoms with Crippen molar-refractivity contribution in [3.8, 4) is 0 Å². The highest BCUT2D eigenvalue weighted by Gasteiger charge is 2.43. The van der Waals surface area contributed by atoms with Gasteiger partial charge in [0, 0.05) is 13.0 Å². The molecule has 102 valence electrons. The molecule has 0 aliphatic carbocycles. The molecule has 0 bridgehead atoms. The van der Waals surface area contributed by atoms with Crippen molar-refractivity contribution in [1.82, 2.24) is 5.32 Å². The third kappa shape index (κ3) is 3.84. The summed E-state index contributed by atoms with van der Waals surface area (Å²) in [7, 11) is 0. The third-order valence-electron chi connectivity index (χ3n) is 2.55. The summed E-state index contributed by atoms with van der Waals surface area (Å²) in [6.07, 6.45) is 2.98. The fourth-order valence-electron chi connectivity index (χ4n) is 1.73. The number of nitrogens with one attached hydrogen (secondary N) is 1. The van der Waals surface area contributed by atoms with E-state index in [0.29, 0.717) is 13.0 Å². The van der Waals surface area contributed by atoms with Gasteiger partial charge >= 0.3 is 6.09 Å². The number of rotatable bonds is 3. The lowest BCUT2D eigenvalue weighted by atomic mass is 9.93. The van der Waals surface area contributed by atoms with E-state index >= 15 is 0 Å². The van der Waals surface area contributed by atoms with Crippen molar-refractivity contribution in [2.45, 2.75) is 45.3 Å². The van der Waals surface area contributed by atoms with Crippen LogP contribution < -0.4 is 5.32 Å². The number of allylic oxidation sites excluding steroid dienone is 1. The topological polar surface area (TPSA) is 64.6 Å². The SMILES string of the molecule is C/C=C/C(=O)C1(NC(=O)OC(C)(C)C)CCOC1. The molecule has 5 heteroatoms. The summed E-state index contributed by atoms with van der Waals surface area (Å²) in [6.45, 7) is 7.73. The molecule has 1 N–H and O–H groups in total. The van der Waals surface area contributed by atoms with Crippen LogP contribution >= 0.6 is 0 Å². The third-order valence-corrected chi connectivity index (χ3v) is 2.55. The van der Waals surface area contributed by atoms with Crippen LogP contribution in [0.2, 0.25) is 0 Å². The molecule has 1 fully saturated rings. The Hall–Kier alpha value is -1.36. The normalized spacial score (nSPS) is 24.2. The fraction of sp³-hybridized carbons (Fsp3) is 0.692. The van der Waals surface area contributed by atoms with Crippen LogP contribution in [0.4, 0.5) is 4.79 Å². The van der Waals surface area contributed by atoms with Crippen LogP contribution in [0.5, 0.6) is 0 Å². The highest BCUT2D eigenvalue weighted by atomic mass is 16.6. The zero-order chi connectivity index (χ0) is 13.8. The van der Waals surface area contributed by atoms with Gasteiger partial charge in [0.05, 0.1) is 6.61 Å². The minimum absolute atomic E-state index is 0.159. The first-order valence-corrected chi connectivity index (χ1v) is 6.05. The fourth-order valence-corrected chi connectivity index (χ4v) is 1.73. The predicted octanol–water partition coefficient (Wildman–Crippen LogP) is 1.82. The number of hydrogen-bond acceptors (Lipinski definition) is 4. The molecule has 1 saturated heterocycles. The molecule has 0 saturated carbocycles. The van der Waals surface area contributed by atoms with E-state index in [1.807, 2.05) is 0 Å². The maximum Gasteiger partial charge on any atom is 0.408 e. The summed E-state index contributed by atoms with van der Waals surface area (Å²) in [5.74, 6) is -0.159. The van der Waals surface area contributed by atoms with E-state index in [1.165, 1.54) is 6.08 Å². The lowest BCUT2D eigenvalue weighted by Gasteiger charge is -2.28. The number of carbonyl (C=O) groups excluding carboxylic acids is 2. The quantitative estimate of drug-likeness (QED) is 0.781. The van der Waals surface area contributed by atoms with E-state index < -0.39 is 17.2 Å². The molecule has 0 aromatic rings. The molecule has 1 heterocycles. The van der Waals surface area contributed by atoms with E-state index in [9.17, 15) is 9.59 Å². The number of amides is 1. The minimum atomic E-state index is -0.977. The van der Waals surface area contributed by atoms with Gasteiger partial charge in [0.25, 0.3) is 0 Å². The van der Waals surface area contributed by atoms with Crippen LogP contribution in [0, 0.1) is 0 Å². The second kappa shape index (κ2) is 5.52. The molecule has 0 spiro atoms. The molecule has 0 aromatic heterocycles.